The van der Waals surface area contributed by atoms with Crippen molar-refractivity contribution < 1.29 is 22.8 Å². The van der Waals surface area contributed by atoms with Crippen LogP contribution < -0.4 is 15.5 Å². The highest BCUT2D eigenvalue weighted by molar-refractivity contribution is 8.00. The van der Waals surface area contributed by atoms with E-state index >= 15 is 0 Å². The van der Waals surface area contributed by atoms with Crippen LogP contribution in [0.2, 0.25) is 0 Å². The van der Waals surface area contributed by atoms with Crippen LogP contribution >= 0.6 is 11.8 Å². The highest BCUT2D eigenvalue weighted by Gasteiger charge is 2.33. The molecule has 0 spiro atoms. The zero-order valence-electron chi connectivity index (χ0n) is 16.7. The molecule has 0 bridgehead atoms. The number of anilines is 2. The van der Waals surface area contributed by atoms with Gasteiger partial charge in [-0.3, -0.25) is 9.59 Å². The van der Waals surface area contributed by atoms with Gasteiger partial charge in [0.25, 0.3) is 0 Å². The molecular weight excluding hydrogens is 427 g/mol. The molecule has 2 amide bonds. The third-order valence-corrected chi connectivity index (χ3v) is 6.77. The molecule has 2 aromatic rings. The van der Waals surface area contributed by atoms with Gasteiger partial charge in [0.15, 0.2) is 11.6 Å². The third-order valence-electron chi connectivity index (χ3n) is 5.46. The van der Waals surface area contributed by atoms with Gasteiger partial charge in [0.2, 0.25) is 11.8 Å². The lowest BCUT2D eigenvalue weighted by atomic mass is 10.1. The molecule has 2 atom stereocenters. The largest absolute Gasteiger partial charge is 0.367 e. The molecule has 2 aliphatic rings. The van der Waals surface area contributed by atoms with Crippen LogP contribution in [0.25, 0.3) is 0 Å². The van der Waals surface area contributed by atoms with Crippen molar-refractivity contribution >= 4 is 35.0 Å². The van der Waals surface area contributed by atoms with Crippen LogP contribution in [0, 0.1) is 17.5 Å². The molecule has 164 valence electrons. The molecule has 31 heavy (non-hydrogen) atoms. The summed E-state index contributed by atoms with van der Waals surface area (Å²) in [6, 6.07) is 7.57. The summed E-state index contributed by atoms with van der Waals surface area (Å²) in [5, 5.41) is 4.58. The number of carbonyl (C=O) groups excluding carboxylic acids is 2. The van der Waals surface area contributed by atoms with E-state index in [1.165, 1.54) is 17.8 Å². The number of benzene rings is 2. The van der Waals surface area contributed by atoms with E-state index in [2.05, 4.69) is 10.6 Å². The van der Waals surface area contributed by atoms with E-state index in [1.807, 2.05) is 0 Å². The second kappa shape index (κ2) is 9.21. The van der Waals surface area contributed by atoms with Crippen LogP contribution in [0.1, 0.15) is 18.4 Å². The Morgan fingerprint density at radius 2 is 1.77 bits per heavy atom. The van der Waals surface area contributed by atoms with Crippen LogP contribution in [0.4, 0.5) is 24.5 Å². The Labute approximate surface area is 182 Å². The van der Waals surface area contributed by atoms with Gasteiger partial charge in [0.1, 0.15) is 17.5 Å². The van der Waals surface area contributed by atoms with Crippen LogP contribution in [0.15, 0.2) is 36.4 Å². The second-order valence-electron chi connectivity index (χ2n) is 7.65. The van der Waals surface area contributed by atoms with Crippen molar-refractivity contribution in [3.8, 4) is 0 Å². The molecule has 0 unspecified atom stereocenters. The van der Waals surface area contributed by atoms with Crippen LogP contribution in [0.5, 0.6) is 0 Å². The summed E-state index contributed by atoms with van der Waals surface area (Å²) in [5.74, 6) is -2.50. The van der Waals surface area contributed by atoms with Gasteiger partial charge in [-0.1, -0.05) is 18.2 Å². The Morgan fingerprint density at radius 3 is 2.42 bits per heavy atom. The molecule has 4 rings (SSSR count). The van der Waals surface area contributed by atoms with E-state index in [-0.39, 0.29) is 35.3 Å². The molecule has 2 N–H and O–H groups in total. The highest BCUT2D eigenvalue weighted by Crippen LogP contribution is 2.30. The fourth-order valence-corrected chi connectivity index (χ4v) is 5.04. The predicted octanol–water partition coefficient (Wildman–Crippen LogP) is 3.49. The molecule has 2 saturated heterocycles. The van der Waals surface area contributed by atoms with Crippen LogP contribution in [-0.2, 0) is 16.0 Å². The molecule has 0 aliphatic carbocycles. The molecule has 0 aromatic heterocycles. The van der Waals surface area contributed by atoms with Gasteiger partial charge in [-0.15, -0.1) is 11.8 Å². The highest BCUT2D eigenvalue weighted by atomic mass is 32.2. The van der Waals surface area contributed by atoms with E-state index in [0.717, 1.165) is 25.0 Å². The topological polar surface area (TPSA) is 61.4 Å². The first kappa shape index (κ1) is 21.5. The van der Waals surface area contributed by atoms with Crippen molar-refractivity contribution in [3.05, 3.63) is 59.4 Å². The maximum atomic E-state index is 14.5. The van der Waals surface area contributed by atoms with Gasteiger partial charge < -0.3 is 15.5 Å². The Balaban J connectivity index is 1.37. The molecule has 2 fully saturated rings. The Morgan fingerprint density at radius 1 is 1.10 bits per heavy atom. The van der Waals surface area contributed by atoms with Crippen molar-refractivity contribution in [3.63, 3.8) is 0 Å². The lowest BCUT2D eigenvalue weighted by Gasteiger charge is -2.28. The number of halogens is 3. The third kappa shape index (κ3) is 4.81. The number of amides is 2. The average molecular weight is 449 g/mol. The predicted molar refractivity (Wildman–Crippen MR) is 115 cm³/mol. The zero-order valence-corrected chi connectivity index (χ0v) is 17.5. The van der Waals surface area contributed by atoms with Crippen molar-refractivity contribution in [1.29, 1.82) is 0 Å². The van der Waals surface area contributed by atoms with Gasteiger partial charge in [-0.25, -0.2) is 13.2 Å². The minimum absolute atomic E-state index is 0.00400. The van der Waals surface area contributed by atoms with Crippen LogP contribution in [-0.4, -0.2) is 41.9 Å². The molecular formula is C22H22F3N3O2S. The Bertz CT molecular complexity index is 975. The van der Waals surface area contributed by atoms with E-state index in [0.29, 0.717) is 18.7 Å². The fraction of sp³-hybridized carbons (Fsp3) is 0.364. The average Bonchev–Trinajstić information content (AvgIpc) is 3.24. The summed E-state index contributed by atoms with van der Waals surface area (Å²) in [5.41, 5.74) is 0.353. The van der Waals surface area contributed by atoms with Crippen molar-refractivity contribution in [2.45, 2.75) is 30.6 Å². The summed E-state index contributed by atoms with van der Waals surface area (Å²) < 4.78 is 42.8. The SMILES string of the molecule is O=C(Nc1cc(F)c(N2CCCC2)c(F)c1)[C@H]1CS[C@H](Cc2ccccc2F)C(=O)N1. The van der Waals surface area contributed by atoms with Crippen molar-refractivity contribution in [2.24, 2.45) is 0 Å². The van der Waals surface area contributed by atoms with Crippen LogP contribution in [0.3, 0.4) is 0 Å². The number of nitrogens with one attached hydrogen (secondary N) is 2. The molecule has 5 nitrogen and oxygen atoms in total. The molecule has 9 heteroatoms. The monoisotopic (exact) mass is 449 g/mol. The van der Waals surface area contributed by atoms with E-state index < -0.39 is 28.8 Å². The smallest absolute Gasteiger partial charge is 0.247 e. The summed E-state index contributed by atoms with van der Waals surface area (Å²) >= 11 is 1.25. The number of thioether (sulfide) groups is 1. The van der Waals surface area contributed by atoms with Crippen molar-refractivity contribution in [2.75, 3.05) is 29.1 Å². The standard InChI is InChI=1S/C22H22F3N3O2S/c23-15-6-2-1-5-13(15)9-19-22(30)27-18(12-31-19)21(29)26-14-10-16(24)20(17(25)11-14)28-7-3-4-8-28/h1-2,5-6,10-11,18-19H,3-4,7-9,12H2,(H,26,29)(H,27,30)/t18-,19-/m1/s1. The summed E-state index contributed by atoms with van der Waals surface area (Å²) in [4.78, 5) is 26.6. The number of carbonyl (C=O) groups is 2. The molecule has 2 aliphatic heterocycles. The minimum atomic E-state index is -0.848. The van der Waals surface area contributed by atoms with E-state index in [4.69, 9.17) is 0 Å². The summed E-state index contributed by atoms with van der Waals surface area (Å²) in [6.07, 6.45) is 1.98. The Hall–Kier alpha value is -2.68. The van der Waals surface area contributed by atoms with Gasteiger partial charge >= 0.3 is 0 Å². The summed E-state index contributed by atoms with van der Waals surface area (Å²) in [7, 11) is 0. The maximum absolute atomic E-state index is 14.5. The van der Waals surface area contributed by atoms with Gasteiger partial charge in [-0.05, 0) is 43.0 Å². The first-order chi connectivity index (χ1) is 14.9. The molecule has 0 radical (unpaired) electrons. The van der Waals surface area contributed by atoms with Gasteiger partial charge in [-0.2, -0.15) is 0 Å². The van der Waals surface area contributed by atoms with Gasteiger partial charge in [0, 0.05) is 24.5 Å². The lowest BCUT2D eigenvalue weighted by molar-refractivity contribution is -0.126. The maximum Gasteiger partial charge on any atom is 0.247 e. The quantitative estimate of drug-likeness (QED) is 0.734. The summed E-state index contributed by atoms with van der Waals surface area (Å²) in [6.45, 7) is 1.19. The lowest BCUT2D eigenvalue weighted by Crippen LogP contribution is -2.52. The molecule has 2 heterocycles. The van der Waals surface area contributed by atoms with Gasteiger partial charge in [0.05, 0.1) is 5.25 Å². The fourth-order valence-electron chi connectivity index (χ4n) is 3.86. The first-order valence-electron chi connectivity index (χ1n) is 10.1. The van der Waals surface area contributed by atoms with Crippen molar-refractivity contribution in [1.82, 2.24) is 5.32 Å². The second-order valence-corrected chi connectivity index (χ2v) is 8.89. The molecule has 0 saturated carbocycles. The van der Waals surface area contributed by atoms with E-state index in [9.17, 15) is 22.8 Å². The number of nitrogens with zero attached hydrogens (tertiary/aromatic N) is 1. The minimum Gasteiger partial charge on any atom is -0.367 e. The number of hydrogen-bond donors (Lipinski definition) is 2. The zero-order chi connectivity index (χ0) is 22.0. The molecule has 2 aromatic carbocycles. The first-order valence-corrected chi connectivity index (χ1v) is 11.2. The normalized spacial score (nSPS) is 21.1. The number of rotatable bonds is 5. The number of hydrogen-bond acceptors (Lipinski definition) is 4. The Kier molecular flexibility index (Phi) is 6.41. The van der Waals surface area contributed by atoms with E-state index in [1.54, 1.807) is 23.1 Å².